The number of benzene rings is 3. The van der Waals surface area contributed by atoms with Crippen LogP contribution in [-0.2, 0) is 5.41 Å². The van der Waals surface area contributed by atoms with Gasteiger partial charge in [0.25, 0.3) is 0 Å². The Hall–Kier alpha value is -2.86. The van der Waals surface area contributed by atoms with Gasteiger partial charge in [-0.3, -0.25) is 0 Å². The van der Waals surface area contributed by atoms with Gasteiger partial charge in [-0.1, -0.05) is 90.6 Å². The molecule has 0 radical (unpaired) electrons. The third kappa shape index (κ3) is 2.02. The van der Waals surface area contributed by atoms with Crippen LogP contribution in [0.4, 0.5) is 0 Å². The summed E-state index contributed by atoms with van der Waals surface area (Å²) in [6, 6.07) is 18.2. The Morgan fingerprint density at radius 2 is 1.62 bits per heavy atom. The summed E-state index contributed by atoms with van der Waals surface area (Å²) in [6.07, 6.45) is 14.7. The molecule has 0 aliphatic heterocycles. The van der Waals surface area contributed by atoms with Crippen molar-refractivity contribution < 1.29 is 0 Å². The minimum absolute atomic E-state index is 0.170. The smallest absolute Gasteiger partial charge is 0.0578 e. The van der Waals surface area contributed by atoms with Crippen molar-refractivity contribution in [1.82, 2.24) is 0 Å². The SMILES string of the molecule is Cc1ccc2c(c1)C1(C=CC/C=C\C=C/1)c1cc(C)c3ccccc3c1-2. The summed E-state index contributed by atoms with van der Waals surface area (Å²) in [5.41, 5.74) is 8.10. The second-order valence-corrected chi connectivity index (χ2v) is 7.51. The van der Waals surface area contributed by atoms with Gasteiger partial charge in [-0.25, -0.2) is 0 Å². The molecule has 2 aliphatic carbocycles. The molecular weight excluding hydrogens is 312 g/mol. The highest BCUT2D eigenvalue weighted by Gasteiger charge is 2.40. The van der Waals surface area contributed by atoms with Crippen molar-refractivity contribution in [2.24, 2.45) is 0 Å². The molecule has 1 atom stereocenters. The van der Waals surface area contributed by atoms with Crippen molar-refractivity contribution in [3.05, 3.63) is 107 Å². The van der Waals surface area contributed by atoms with Crippen LogP contribution in [0.2, 0.25) is 0 Å². The monoisotopic (exact) mass is 334 g/mol. The maximum Gasteiger partial charge on any atom is 0.0578 e. The Bertz CT molecular complexity index is 1120. The second kappa shape index (κ2) is 5.57. The zero-order valence-electron chi connectivity index (χ0n) is 15.3. The van der Waals surface area contributed by atoms with E-state index in [4.69, 9.17) is 0 Å². The summed E-state index contributed by atoms with van der Waals surface area (Å²) in [6.45, 7) is 4.43. The van der Waals surface area contributed by atoms with Gasteiger partial charge in [-0.15, -0.1) is 0 Å². The van der Waals surface area contributed by atoms with Crippen LogP contribution in [0.15, 0.2) is 85.0 Å². The van der Waals surface area contributed by atoms with Crippen molar-refractivity contribution >= 4 is 10.8 Å². The summed E-state index contributed by atoms with van der Waals surface area (Å²) < 4.78 is 0. The van der Waals surface area contributed by atoms with Gasteiger partial charge in [0.2, 0.25) is 0 Å². The first-order valence-electron chi connectivity index (χ1n) is 9.37. The molecule has 3 aromatic carbocycles. The predicted octanol–water partition coefficient (Wildman–Crippen LogP) is 6.80. The Morgan fingerprint density at radius 3 is 2.50 bits per heavy atom. The van der Waals surface area contributed by atoms with E-state index in [1.165, 1.54) is 44.2 Å². The second-order valence-electron chi connectivity index (χ2n) is 7.51. The van der Waals surface area contributed by atoms with Crippen LogP contribution in [0.3, 0.4) is 0 Å². The van der Waals surface area contributed by atoms with Gasteiger partial charge in [0.05, 0.1) is 5.41 Å². The quantitative estimate of drug-likeness (QED) is 0.397. The predicted molar refractivity (Wildman–Crippen MR) is 112 cm³/mol. The molecule has 0 heterocycles. The average molecular weight is 334 g/mol. The Morgan fingerprint density at radius 1 is 0.769 bits per heavy atom. The van der Waals surface area contributed by atoms with E-state index in [9.17, 15) is 0 Å². The van der Waals surface area contributed by atoms with Crippen LogP contribution >= 0.6 is 0 Å². The zero-order chi connectivity index (χ0) is 17.7. The van der Waals surface area contributed by atoms with Gasteiger partial charge in [-0.2, -0.15) is 0 Å². The van der Waals surface area contributed by atoms with Gasteiger partial charge in [0, 0.05) is 0 Å². The van der Waals surface area contributed by atoms with Crippen molar-refractivity contribution in [2.75, 3.05) is 0 Å². The van der Waals surface area contributed by atoms with Crippen molar-refractivity contribution in [3.63, 3.8) is 0 Å². The van der Waals surface area contributed by atoms with E-state index in [1.807, 2.05) is 0 Å². The van der Waals surface area contributed by atoms with E-state index >= 15 is 0 Å². The fourth-order valence-electron chi connectivity index (χ4n) is 4.65. The highest BCUT2D eigenvalue weighted by atomic mass is 14.4. The van der Waals surface area contributed by atoms with E-state index in [0.717, 1.165) is 6.42 Å². The third-order valence-corrected chi connectivity index (χ3v) is 5.85. The summed E-state index contributed by atoms with van der Waals surface area (Å²) in [4.78, 5) is 0. The largest absolute Gasteiger partial charge is 0.0832 e. The van der Waals surface area contributed by atoms with Gasteiger partial charge >= 0.3 is 0 Å². The number of rotatable bonds is 0. The molecular formula is C26H22. The molecule has 0 aromatic heterocycles. The maximum absolute atomic E-state index is 2.41. The number of aryl methyl sites for hydroxylation is 2. The molecule has 2 aliphatic rings. The van der Waals surface area contributed by atoms with E-state index in [2.05, 4.69) is 98.8 Å². The molecule has 3 aromatic rings. The molecule has 1 spiro atoms. The first kappa shape index (κ1) is 15.4. The van der Waals surface area contributed by atoms with Crippen LogP contribution in [0.1, 0.15) is 28.7 Å². The topological polar surface area (TPSA) is 0 Å². The molecule has 0 saturated carbocycles. The highest BCUT2D eigenvalue weighted by molar-refractivity contribution is 6.04. The minimum atomic E-state index is -0.170. The van der Waals surface area contributed by atoms with E-state index < -0.39 is 0 Å². The number of fused-ring (bicyclic) bond motifs is 7. The maximum atomic E-state index is 2.41. The molecule has 0 nitrogen and oxygen atoms in total. The van der Waals surface area contributed by atoms with E-state index in [0.29, 0.717) is 0 Å². The lowest BCUT2D eigenvalue weighted by atomic mass is 9.76. The molecule has 0 amide bonds. The fraction of sp³-hybridized carbons (Fsp3) is 0.154. The van der Waals surface area contributed by atoms with E-state index in [-0.39, 0.29) is 5.41 Å². The molecule has 1 unspecified atom stereocenters. The molecule has 0 saturated heterocycles. The Labute approximate surface area is 155 Å². The first-order chi connectivity index (χ1) is 12.7. The minimum Gasteiger partial charge on any atom is -0.0832 e. The van der Waals surface area contributed by atoms with Crippen LogP contribution in [0, 0.1) is 13.8 Å². The summed E-state index contributed by atoms with van der Waals surface area (Å²) in [7, 11) is 0. The number of allylic oxidation sites excluding steroid dienone is 6. The molecule has 5 rings (SSSR count). The van der Waals surface area contributed by atoms with E-state index in [1.54, 1.807) is 0 Å². The zero-order valence-corrected chi connectivity index (χ0v) is 15.3. The molecule has 0 fully saturated rings. The Kier molecular flexibility index (Phi) is 3.30. The summed E-state index contributed by atoms with van der Waals surface area (Å²) in [5.74, 6) is 0. The van der Waals surface area contributed by atoms with Crippen LogP contribution in [0.5, 0.6) is 0 Å². The molecule has 0 bridgehead atoms. The molecule has 26 heavy (non-hydrogen) atoms. The third-order valence-electron chi connectivity index (χ3n) is 5.85. The van der Waals surface area contributed by atoms with Crippen molar-refractivity contribution in [3.8, 4) is 11.1 Å². The van der Waals surface area contributed by atoms with Crippen LogP contribution in [-0.4, -0.2) is 0 Å². The van der Waals surface area contributed by atoms with Gasteiger partial charge in [0.1, 0.15) is 0 Å². The van der Waals surface area contributed by atoms with Gasteiger partial charge in [-0.05, 0) is 58.9 Å². The van der Waals surface area contributed by atoms with Crippen molar-refractivity contribution in [2.45, 2.75) is 25.7 Å². The van der Waals surface area contributed by atoms with Gasteiger partial charge < -0.3 is 0 Å². The molecule has 0 heteroatoms. The first-order valence-corrected chi connectivity index (χ1v) is 9.37. The number of hydrogen-bond acceptors (Lipinski definition) is 0. The standard InChI is InChI=1S/C26H22/c1-18-12-13-22-23(16-18)26(14-8-4-3-5-9-15-26)24-17-19(2)20-10-6-7-11-21(20)25(22)24/h3-4,6-17H,5H2,1-2H3/b4-3-,14-8-,15-9?. The summed E-state index contributed by atoms with van der Waals surface area (Å²) in [5, 5.41) is 2.72. The average Bonchev–Trinajstić information content (AvgIpc) is 2.88. The van der Waals surface area contributed by atoms with Crippen LogP contribution < -0.4 is 0 Å². The Balaban J connectivity index is 1.98. The highest BCUT2D eigenvalue weighted by Crippen LogP contribution is 2.54. The normalized spacial score (nSPS) is 22.7. The van der Waals surface area contributed by atoms with Gasteiger partial charge in [0.15, 0.2) is 0 Å². The number of hydrogen-bond donors (Lipinski definition) is 0. The lowest BCUT2D eigenvalue weighted by molar-refractivity contribution is 0.836. The lowest BCUT2D eigenvalue weighted by Crippen LogP contribution is -2.20. The van der Waals surface area contributed by atoms with Crippen LogP contribution in [0.25, 0.3) is 21.9 Å². The lowest BCUT2D eigenvalue weighted by Gasteiger charge is -2.26. The summed E-state index contributed by atoms with van der Waals surface area (Å²) >= 11 is 0. The molecule has 126 valence electrons. The fourth-order valence-corrected chi connectivity index (χ4v) is 4.65. The molecule has 0 N–H and O–H groups in total. The van der Waals surface area contributed by atoms with Crippen molar-refractivity contribution in [1.29, 1.82) is 0 Å².